The summed E-state index contributed by atoms with van der Waals surface area (Å²) in [6.45, 7) is 2.98. The summed E-state index contributed by atoms with van der Waals surface area (Å²) in [5, 5.41) is 14.5. The van der Waals surface area contributed by atoms with E-state index in [2.05, 4.69) is 67.4 Å². The highest BCUT2D eigenvalue weighted by Gasteiger charge is 2.13. The molecule has 0 spiro atoms. The highest BCUT2D eigenvalue weighted by molar-refractivity contribution is 5.80. The van der Waals surface area contributed by atoms with Crippen molar-refractivity contribution < 1.29 is 0 Å². The SMILES string of the molecule is CCCCc1nc2ccncc2n1Cc1ccc(-c2ccccc2-c2nn[nH]n2)cc1.[NH4+]. The highest BCUT2D eigenvalue weighted by Crippen LogP contribution is 2.30. The molecule has 0 unspecified atom stereocenters. The monoisotopic (exact) mass is 427 g/mol. The molecule has 5 aromatic rings. The van der Waals surface area contributed by atoms with E-state index < -0.39 is 0 Å². The second-order valence-electron chi connectivity index (χ2n) is 7.56. The molecule has 0 aliphatic carbocycles. The quantitative estimate of drug-likeness (QED) is 0.376. The Balaban J connectivity index is 0.00000245. The fraction of sp³-hybridized carbons (Fsp3) is 0.208. The lowest BCUT2D eigenvalue weighted by molar-refractivity contribution is 0.689. The number of nitrogens with zero attached hydrogens (tertiary/aromatic N) is 6. The van der Waals surface area contributed by atoms with Crippen LogP contribution >= 0.6 is 0 Å². The fourth-order valence-corrected chi connectivity index (χ4v) is 3.90. The van der Waals surface area contributed by atoms with E-state index >= 15 is 0 Å². The van der Waals surface area contributed by atoms with Gasteiger partial charge in [0.1, 0.15) is 5.82 Å². The van der Waals surface area contributed by atoms with Gasteiger partial charge in [0, 0.05) is 24.7 Å². The van der Waals surface area contributed by atoms with Crippen LogP contribution in [0, 0.1) is 0 Å². The summed E-state index contributed by atoms with van der Waals surface area (Å²) in [7, 11) is 0. The average Bonchev–Trinajstić information content (AvgIpc) is 3.47. The third kappa shape index (κ3) is 4.13. The number of quaternary nitrogens is 1. The smallest absolute Gasteiger partial charge is 0.205 e. The first-order valence-electron chi connectivity index (χ1n) is 10.5. The summed E-state index contributed by atoms with van der Waals surface area (Å²) in [5.74, 6) is 1.72. The second kappa shape index (κ2) is 9.49. The Kier molecular flexibility index (Phi) is 6.32. The van der Waals surface area contributed by atoms with E-state index in [4.69, 9.17) is 4.98 Å². The average molecular weight is 428 g/mol. The van der Waals surface area contributed by atoms with Crippen LogP contribution < -0.4 is 6.15 Å². The lowest BCUT2D eigenvalue weighted by atomic mass is 9.98. The molecule has 0 bridgehead atoms. The van der Waals surface area contributed by atoms with Gasteiger partial charge in [0.25, 0.3) is 0 Å². The summed E-state index contributed by atoms with van der Waals surface area (Å²) >= 11 is 0. The van der Waals surface area contributed by atoms with E-state index in [0.29, 0.717) is 5.82 Å². The van der Waals surface area contributed by atoms with Gasteiger partial charge in [0.2, 0.25) is 5.82 Å². The molecule has 5 rings (SSSR count). The Morgan fingerprint density at radius 1 is 0.969 bits per heavy atom. The maximum atomic E-state index is 4.85. The number of fused-ring (bicyclic) bond motifs is 1. The number of aromatic nitrogens is 7. The Hall–Kier alpha value is -3.91. The number of unbranched alkanes of at least 4 members (excludes halogenated alkanes) is 1. The number of pyridine rings is 1. The molecule has 0 aliphatic heterocycles. The molecule has 5 N–H and O–H groups in total. The molecule has 8 nitrogen and oxygen atoms in total. The van der Waals surface area contributed by atoms with E-state index in [1.165, 1.54) is 5.56 Å². The molecule has 0 saturated heterocycles. The Morgan fingerprint density at radius 2 is 1.78 bits per heavy atom. The van der Waals surface area contributed by atoms with Crippen LogP contribution in [-0.4, -0.2) is 35.2 Å². The van der Waals surface area contributed by atoms with Gasteiger partial charge in [-0.2, -0.15) is 5.21 Å². The van der Waals surface area contributed by atoms with E-state index in [1.54, 1.807) is 6.20 Å². The number of hydrogen-bond acceptors (Lipinski definition) is 5. The van der Waals surface area contributed by atoms with Crippen molar-refractivity contribution in [3.8, 4) is 22.5 Å². The number of aromatic amines is 1. The van der Waals surface area contributed by atoms with E-state index in [-0.39, 0.29) is 6.15 Å². The van der Waals surface area contributed by atoms with Gasteiger partial charge in [-0.3, -0.25) is 4.98 Å². The van der Waals surface area contributed by atoms with Crippen molar-refractivity contribution in [2.75, 3.05) is 0 Å². The molecular formula is C24H27N8+. The highest BCUT2D eigenvalue weighted by atomic mass is 15.5. The van der Waals surface area contributed by atoms with E-state index in [9.17, 15) is 0 Å². The number of tetrazole rings is 1. The van der Waals surface area contributed by atoms with Gasteiger partial charge in [0.05, 0.1) is 17.2 Å². The number of H-pyrrole nitrogens is 1. The lowest BCUT2D eigenvalue weighted by Crippen LogP contribution is -2.05. The van der Waals surface area contributed by atoms with Crippen molar-refractivity contribution in [1.29, 1.82) is 0 Å². The van der Waals surface area contributed by atoms with Gasteiger partial charge in [-0.1, -0.05) is 61.9 Å². The van der Waals surface area contributed by atoms with E-state index in [1.807, 2.05) is 30.5 Å². The number of imidazole rings is 1. The number of nitrogens with one attached hydrogen (secondary N) is 1. The first-order chi connectivity index (χ1) is 15.3. The zero-order valence-corrected chi connectivity index (χ0v) is 18.4. The molecule has 0 fully saturated rings. The van der Waals surface area contributed by atoms with Crippen LogP contribution in [0.15, 0.2) is 67.0 Å². The third-order valence-electron chi connectivity index (χ3n) is 5.50. The van der Waals surface area contributed by atoms with Crippen LogP contribution in [0.1, 0.15) is 31.2 Å². The molecule has 3 aromatic heterocycles. The lowest BCUT2D eigenvalue weighted by Gasteiger charge is -2.11. The van der Waals surface area contributed by atoms with Gasteiger partial charge in [-0.25, -0.2) is 4.98 Å². The van der Waals surface area contributed by atoms with Crippen molar-refractivity contribution >= 4 is 11.0 Å². The standard InChI is InChI=1S/C24H23N7.H3N/c1-2-3-8-23-26-21-13-14-25-15-22(21)31(23)16-17-9-11-18(12-10-17)19-6-4-5-7-20(19)24-27-29-30-28-24;/h4-7,9-15H,2-3,8,16H2,1H3,(H,27,28,29,30);1H3/p+1. The molecule has 0 saturated carbocycles. The summed E-state index contributed by atoms with van der Waals surface area (Å²) in [6.07, 6.45) is 6.96. The fourth-order valence-electron chi connectivity index (χ4n) is 3.90. The summed E-state index contributed by atoms with van der Waals surface area (Å²) in [4.78, 5) is 9.17. The summed E-state index contributed by atoms with van der Waals surface area (Å²) < 4.78 is 2.29. The van der Waals surface area contributed by atoms with Gasteiger partial charge >= 0.3 is 0 Å². The molecule has 0 aliphatic rings. The van der Waals surface area contributed by atoms with Crippen molar-refractivity contribution in [3.63, 3.8) is 0 Å². The van der Waals surface area contributed by atoms with Gasteiger partial charge in [-0.05, 0) is 34.4 Å². The number of benzene rings is 2. The van der Waals surface area contributed by atoms with Gasteiger partial charge < -0.3 is 10.7 Å². The van der Waals surface area contributed by atoms with Crippen molar-refractivity contribution in [2.45, 2.75) is 32.7 Å². The maximum absolute atomic E-state index is 4.85. The molecule has 0 atom stereocenters. The first-order valence-corrected chi connectivity index (χ1v) is 10.5. The Bertz CT molecular complexity index is 1290. The number of hydrogen-bond donors (Lipinski definition) is 2. The van der Waals surface area contributed by atoms with Gasteiger partial charge in [0.15, 0.2) is 0 Å². The molecule has 0 amide bonds. The largest absolute Gasteiger partial charge is 0.369 e. The third-order valence-corrected chi connectivity index (χ3v) is 5.50. The van der Waals surface area contributed by atoms with Crippen molar-refractivity contribution in [2.24, 2.45) is 0 Å². The first kappa shape index (κ1) is 21.3. The van der Waals surface area contributed by atoms with Crippen LogP contribution in [0.5, 0.6) is 0 Å². The van der Waals surface area contributed by atoms with Crippen LogP contribution in [0.2, 0.25) is 0 Å². The molecule has 162 valence electrons. The van der Waals surface area contributed by atoms with Crippen LogP contribution in [0.3, 0.4) is 0 Å². The maximum Gasteiger partial charge on any atom is 0.205 e. The molecule has 3 heterocycles. The zero-order chi connectivity index (χ0) is 21.0. The van der Waals surface area contributed by atoms with E-state index in [0.717, 1.165) is 59.4 Å². The summed E-state index contributed by atoms with van der Waals surface area (Å²) in [6, 6.07) is 18.7. The minimum atomic E-state index is 0. The normalized spacial score (nSPS) is 10.9. The van der Waals surface area contributed by atoms with Gasteiger partial charge in [-0.15, -0.1) is 10.2 Å². The minimum Gasteiger partial charge on any atom is -0.369 e. The van der Waals surface area contributed by atoms with Crippen LogP contribution in [-0.2, 0) is 13.0 Å². The minimum absolute atomic E-state index is 0. The molecule has 8 heteroatoms. The van der Waals surface area contributed by atoms with Crippen LogP contribution in [0.25, 0.3) is 33.5 Å². The zero-order valence-electron chi connectivity index (χ0n) is 18.4. The molecular weight excluding hydrogens is 400 g/mol. The summed E-state index contributed by atoms with van der Waals surface area (Å²) in [5.41, 5.74) is 6.47. The topological polar surface area (TPSA) is 122 Å². The molecule has 2 aromatic carbocycles. The molecule has 32 heavy (non-hydrogen) atoms. The Morgan fingerprint density at radius 3 is 2.53 bits per heavy atom. The predicted octanol–water partition coefficient (Wildman–Crippen LogP) is 5.05. The van der Waals surface area contributed by atoms with Crippen LogP contribution in [0.4, 0.5) is 0 Å². The Labute approximate surface area is 186 Å². The van der Waals surface area contributed by atoms with Crippen molar-refractivity contribution in [3.05, 3.63) is 78.4 Å². The molecule has 0 radical (unpaired) electrons. The predicted molar refractivity (Wildman–Crippen MR) is 126 cm³/mol. The van der Waals surface area contributed by atoms with Crippen molar-refractivity contribution in [1.82, 2.24) is 41.3 Å². The number of aryl methyl sites for hydroxylation is 1. The number of rotatable bonds is 7. The second-order valence-corrected chi connectivity index (χ2v) is 7.56.